The predicted molar refractivity (Wildman–Crippen MR) is 151 cm³/mol. The van der Waals surface area contributed by atoms with Gasteiger partial charge in [-0.1, -0.05) is 6.07 Å². The van der Waals surface area contributed by atoms with Crippen molar-refractivity contribution in [1.82, 2.24) is 4.58 Å². The lowest BCUT2D eigenvalue weighted by Gasteiger charge is -2.39. The number of aryl methyl sites for hydroxylation is 2. The highest BCUT2D eigenvalue weighted by molar-refractivity contribution is 6.01. The SMILES string of the molecule is O=C(O)c1ccc(C2=c3cc4c5c(c3Oc3c2cc2c6c3CCCN6CCC2)CCC[N+]=5CCC4)c(C(=O)O)c1. The van der Waals surface area contributed by atoms with Gasteiger partial charge in [0.25, 0.3) is 0 Å². The van der Waals surface area contributed by atoms with Crippen molar-refractivity contribution in [2.45, 2.75) is 51.4 Å². The summed E-state index contributed by atoms with van der Waals surface area (Å²) in [6.45, 7) is 4.22. The van der Waals surface area contributed by atoms with E-state index < -0.39 is 11.9 Å². The van der Waals surface area contributed by atoms with Gasteiger partial charge in [-0.25, -0.2) is 14.2 Å². The smallest absolute Gasteiger partial charge is 0.336 e. The van der Waals surface area contributed by atoms with Crippen LogP contribution in [0, 0.1) is 0 Å². The Labute approximate surface area is 231 Å². The lowest BCUT2D eigenvalue weighted by atomic mass is 9.81. The predicted octanol–water partition coefficient (Wildman–Crippen LogP) is 3.52. The van der Waals surface area contributed by atoms with Gasteiger partial charge < -0.3 is 19.8 Å². The number of carbonyl (C=O) groups is 2. The zero-order valence-electron chi connectivity index (χ0n) is 22.4. The van der Waals surface area contributed by atoms with Crippen molar-refractivity contribution in [2.24, 2.45) is 0 Å². The molecule has 40 heavy (non-hydrogen) atoms. The summed E-state index contributed by atoms with van der Waals surface area (Å²) >= 11 is 0. The van der Waals surface area contributed by atoms with Gasteiger partial charge in [0.15, 0.2) is 0 Å². The van der Waals surface area contributed by atoms with Crippen LogP contribution in [-0.4, -0.2) is 48.3 Å². The number of aromatic carboxylic acids is 2. The van der Waals surface area contributed by atoms with Crippen LogP contribution in [0.25, 0.3) is 5.57 Å². The Morgan fingerprint density at radius 1 is 0.775 bits per heavy atom. The second-order valence-corrected chi connectivity index (χ2v) is 11.7. The van der Waals surface area contributed by atoms with Crippen molar-refractivity contribution in [1.29, 1.82) is 0 Å². The van der Waals surface area contributed by atoms with Gasteiger partial charge in [-0.15, -0.1) is 0 Å². The molecule has 0 spiro atoms. The van der Waals surface area contributed by atoms with E-state index in [1.807, 2.05) is 0 Å². The van der Waals surface area contributed by atoms with Crippen molar-refractivity contribution in [3.05, 3.63) is 85.4 Å². The normalized spacial score (nSPS) is 18.2. The molecule has 0 atom stereocenters. The van der Waals surface area contributed by atoms with E-state index in [0.717, 1.165) is 105 Å². The highest BCUT2D eigenvalue weighted by Gasteiger charge is 2.36. The third-order valence-corrected chi connectivity index (χ3v) is 9.45. The number of nitrogens with zero attached hydrogens (tertiary/aromatic N) is 2. The Morgan fingerprint density at radius 2 is 1.52 bits per heavy atom. The standard InChI is InChI=1S/C33H30N2O5/c36-32(37)20-9-10-21(24(17-20)33(38)39)27-25-15-18-5-1-11-34-13-3-7-22(28(18)34)30(25)40-31-23-8-4-14-35-12-2-6-19(29(23)35)16-26(27)31/h9-10,15-17H,1-8,11-14H2,(H-,36,37,38,39)/p+1. The monoisotopic (exact) mass is 535 g/mol. The lowest BCUT2D eigenvalue weighted by Crippen LogP contribution is -2.45. The van der Waals surface area contributed by atoms with E-state index in [1.165, 1.54) is 45.4 Å². The first-order valence-electron chi connectivity index (χ1n) is 14.5. The molecule has 0 fully saturated rings. The fourth-order valence-corrected chi connectivity index (χ4v) is 7.88. The molecule has 7 heteroatoms. The second-order valence-electron chi connectivity index (χ2n) is 11.7. The van der Waals surface area contributed by atoms with Crippen LogP contribution in [-0.2, 0) is 25.7 Å². The Balaban J connectivity index is 1.53. The third-order valence-electron chi connectivity index (χ3n) is 9.45. The van der Waals surface area contributed by atoms with E-state index >= 15 is 0 Å². The molecule has 0 amide bonds. The van der Waals surface area contributed by atoms with Crippen molar-refractivity contribution < 1.29 is 24.5 Å². The van der Waals surface area contributed by atoms with Gasteiger partial charge in [-0.05, 0) is 73.9 Å². The average Bonchev–Trinajstić information content (AvgIpc) is 2.97. The largest absolute Gasteiger partial charge is 0.478 e. The molecule has 0 aliphatic carbocycles. The van der Waals surface area contributed by atoms with Gasteiger partial charge in [-0.3, -0.25) is 0 Å². The van der Waals surface area contributed by atoms with E-state index in [-0.39, 0.29) is 11.1 Å². The quantitative estimate of drug-likeness (QED) is 0.391. The van der Waals surface area contributed by atoms with E-state index in [0.29, 0.717) is 5.56 Å². The first-order valence-corrected chi connectivity index (χ1v) is 14.5. The first-order chi connectivity index (χ1) is 19.5. The number of anilines is 1. The molecular formula is C33H31N2O5+. The molecule has 3 aromatic carbocycles. The maximum atomic E-state index is 12.6. The molecule has 5 heterocycles. The Kier molecular flexibility index (Phi) is 5.15. The number of hydrogen-bond acceptors (Lipinski definition) is 4. The van der Waals surface area contributed by atoms with Crippen molar-refractivity contribution in [3.8, 4) is 11.5 Å². The number of fused-ring (bicyclic) bond motifs is 4. The minimum Gasteiger partial charge on any atom is -0.478 e. The molecule has 0 radical (unpaired) electrons. The summed E-state index contributed by atoms with van der Waals surface area (Å²) in [6.07, 6.45) is 8.15. The van der Waals surface area contributed by atoms with E-state index in [9.17, 15) is 19.8 Å². The molecule has 5 aliphatic rings. The molecule has 5 aliphatic heterocycles. The van der Waals surface area contributed by atoms with Gasteiger partial charge in [0.2, 0.25) is 5.36 Å². The van der Waals surface area contributed by atoms with Crippen molar-refractivity contribution in [3.63, 3.8) is 0 Å². The number of rotatable bonds is 3. The Bertz CT molecular complexity index is 1800. The van der Waals surface area contributed by atoms with E-state index in [1.54, 1.807) is 6.07 Å². The van der Waals surface area contributed by atoms with Crippen LogP contribution in [0.3, 0.4) is 0 Å². The minimum atomic E-state index is -1.14. The van der Waals surface area contributed by atoms with Crippen LogP contribution in [0.5, 0.6) is 11.5 Å². The molecule has 0 unspecified atom stereocenters. The van der Waals surface area contributed by atoms with Crippen LogP contribution in [0.2, 0.25) is 0 Å². The highest BCUT2D eigenvalue weighted by Crippen LogP contribution is 2.48. The third kappa shape index (κ3) is 3.33. The highest BCUT2D eigenvalue weighted by atomic mass is 16.5. The topological polar surface area (TPSA) is 90.1 Å². The molecule has 0 aromatic heterocycles. The van der Waals surface area contributed by atoms with Crippen molar-refractivity contribution in [2.75, 3.05) is 31.1 Å². The zero-order chi connectivity index (χ0) is 27.1. The molecule has 0 saturated carbocycles. The number of hydrogen-bond donors (Lipinski definition) is 2. The number of benzene rings is 3. The fraction of sp³-hybridized carbons (Fsp3) is 0.364. The summed E-state index contributed by atoms with van der Waals surface area (Å²) in [5.41, 5.74) is 8.71. The van der Waals surface area contributed by atoms with Gasteiger partial charge in [0.05, 0.1) is 16.7 Å². The summed E-state index contributed by atoms with van der Waals surface area (Å²) in [5, 5.41) is 22.2. The summed E-state index contributed by atoms with van der Waals surface area (Å²) in [6, 6.07) is 8.99. The fourth-order valence-electron chi connectivity index (χ4n) is 7.88. The van der Waals surface area contributed by atoms with Gasteiger partial charge in [0.1, 0.15) is 24.6 Å². The van der Waals surface area contributed by atoms with E-state index in [2.05, 4.69) is 21.6 Å². The van der Waals surface area contributed by atoms with Gasteiger partial charge in [0, 0.05) is 59.1 Å². The summed E-state index contributed by atoms with van der Waals surface area (Å²) in [7, 11) is 0. The summed E-state index contributed by atoms with van der Waals surface area (Å²) in [4.78, 5) is 26.9. The minimum absolute atomic E-state index is 0.00897. The Morgan fingerprint density at radius 3 is 2.33 bits per heavy atom. The first kappa shape index (κ1) is 23.7. The van der Waals surface area contributed by atoms with Crippen LogP contribution < -0.4 is 24.8 Å². The van der Waals surface area contributed by atoms with Gasteiger partial charge in [-0.2, -0.15) is 0 Å². The van der Waals surface area contributed by atoms with Crippen LogP contribution in [0.1, 0.15) is 79.8 Å². The molecule has 2 N–H and O–H groups in total. The molecule has 0 saturated heterocycles. The maximum Gasteiger partial charge on any atom is 0.336 e. The molecule has 0 bridgehead atoms. The van der Waals surface area contributed by atoms with Crippen LogP contribution in [0.15, 0.2) is 30.3 Å². The number of carboxylic acid groups (broad SMARTS) is 2. The zero-order valence-corrected chi connectivity index (χ0v) is 22.4. The van der Waals surface area contributed by atoms with Crippen LogP contribution >= 0.6 is 0 Å². The van der Waals surface area contributed by atoms with Gasteiger partial charge >= 0.3 is 11.9 Å². The molecular weight excluding hydrogens is 504 g/mol. The maximum absolute atomic E-state index is 12.6. The summed E-state index contributed by atoms with van der Waals surface area (Å²) < 4.78 is 9.52. The number of carboxylic acids is 2. The van der Waals surface area contributed by atoms with E-state index in [4.69, 9.17) is 4.74 Å². The molecule has 3 aromatic rings. The van der Waals surface area contributed by atoms with Crippen molar-refractivity contribution >= 4 is 23.2 Å². The molecule has 8 rings (SSSR count). The number of ether oxygens (including phenoxy) is 1. The second kappa shape index (κ2) is 8.68. The molecule has 202 valence electrons. The summed E-state index contributed by atoms with van der Waals surface area (Å²) in [5.74, 6) is -0.550. The molecule has 7 nitrogen and oxygen atoms in total. The average molecular weight is 536 g/mol. The van der Waals surface area contributed by atoms with Crippen LogP contribution in [0.4, 0.5) is 5.69 Å². The lowest BCUT2D eigenvalue weighted by molar-refractivity contribution is 0.0695. The Hall–Kier alpha value is -4.13.